The van der Waals surface area contributed by atoms with Crippen LogP contribution in [0.25, 0.3) is 0 Å². The lowest BCUT2D eigenvalue weighted by Crippen LogP contribution is -1.86. The average molecular weight is 166 g/mol. The van der Waals surface area contributed by atoms with E-state index in [-0.39, 0.29) is 5.75 Å². The molecule has 64 valence electrons. The summed E-state index contributed by atoms with van der Waals surface area (Å²) in [6.07, 6.45) is 0.895. The fourth-order valence-electron chi connectivity index (χ4n) is 1.36. The predicted octanol–water partition coefficient (Wildman–Crippen LogP) is 1.34. The van der Waals surface area contributed by atoms with Crippen LogP contribution in [0.15, 0.2) is 12.1 Å². The van der Waals surface area contributed by atoms with Crippen molar-refractivity contribution in [3.63, 3.8) is 0 Å². The summed E-state index contributed by atoms with van der Waals surface area (Å²) in [6, 6.07) is 3.42. The number of hydrogen-bond acceptors (Lipinski definition) is 3. The molecule has 1 aliphatic heterocycles. The number of hydrogen-bond donors (Lipinski definition) is 1. The van der Waals surface area contributed by atoms with Crippen LogP contribution in [0, 0.1) is 0 Å². The third-order valence-corrected chi connectivity index (χ3v) is 1.99. The van der Waals surface area contributed by atoms with Gasteiger partial charge in [-0.1, -0.05) is 0 Å². The van der Waals surface area contributed by atoms with E-state index < -0.39 is 0 Å². The Morgan fingerprint density at radius 3 is 3.08 bits per heavy atom. The van der Waals surface area contributed by atoms with Crippen LogP contribution in [-0.4, -0.2) is 18.8 Å². The molecule has 0 unspecified atom stereocenters. The van der Waals surface area contributed by atoms with E-state index in [0.717, 1.165) is 17.7 Å². The monoisotopic (exact) mass is 166 g/mol. The average Bonchev–Trinajstić information content (AvgIpc) is 2.49. The Bertz CT molecular complexity index is 306. The number of fused-ring (bicyclic) bond motifs is 1. The van der Waals surface area contributed by atoms with Gasteiger partial charge in [0.15, 0.2) is 11.5 Å². The zero-order chi connectivity index (χ0) is 8.55. The molecule has 0 atom stereocenters. The van der Waals surface area contributed by atoms with Crippen LogP contribution in [0.2, 0.25) is 0 Å². The maximum absolute atomic E-state index is 9.37. The fraction of sp³-hybridized carbons (Fsp3) is 0.333. The van der Waals surface area contributed by atoms with Crippen molar-refractivity contribution in [1.82, 2.24) is 0 Å². The molecule has 1 N–H and O–H groups in total. The SMILES string of the molecule is COc1cc2c(cc1O)OCC2. The van der Waals surface area contributed by atoms with Crippen molar-refractivity contribution in [2.24, 2.45) is 0 Å². The van der Waals surface area contributed by atoms with Crippen LogP contribution in [0.1, 0.15) is 5.56 Å². The molecule has 3 nitrogen and oxygen atoms in total. The standard InChI is InChI=1S/C9H10O3/c1-11-9-4-6-2-3-12-8(6)5-7(9)10/h4-5,10H,2-3H2,1H3. The molecule has 0 saturated carbocycles. The van der Waals surface area contributed by atoms with Crippen molar-refractivity contribution in [3.8, 4) is 17.2 Å². The molecular formula is C9H10O3. The summed E-state index contributed by atoms with van der Waals surface area (Å²) in [5.74, 6) is 1.42. The molecule has 0 fully saturated rings. The minimum Gasteiger partial charge on any atom is -0.504 e. The molecule has 0 spiro atoms. The van der Waals surface area contributed by atoms with Gasteiger partial charge in [-0.25, -0.2) is 0 Å². The Morgan fingerprint density at radius 1 is 1.50 bits per heavy atom. The zero-order valence-electron chi connectivity index (χ0n) is 6.83. The topological polar surface area (TPSA) is 38.7 Å². The second-order valence-electron chi connectivity index (χ2n) is 2.73. The molecule has 12 heavy (non-hydrogen) atoms. The van der Waals surface area contributed by atoms with E-state index >= 15 is 0 Å². The molecule has 1 aromatic rings. The van der Waals surface area contributed by atoms with E-state index in [1.54, 1.807) is 6.07 Å². The molecule has 0 amide bonds. The van der Waals surface area contributed by atoms with Crippen molar-refractivity contribution in [1.29, 1.82) is 0 Å². The van der Waals surface area contributed by atoms with Crippen molar-refractivity contribution in [3.05, 3.63) is 17.7 Å². The maximum atomic E-state index is 9.37. The Kier molecular flexibility index (Phi) is 1.57. The minimum atomic E-state index is 0.137. The zero-order valence-corrected chi connectivity index (χ0v) is 6.83. The number of phenols is 1. The first-order chi connectivity index (χ1) is 5.81. The molecule has 0 saturated heterocycles. The predicted molar refractivity (Wildman–Crippen MR) is 43.9 cm³/mol. The van der Waals surface area contributed by atoms with Crippen molar-refractivity contribution in [2.75, 3.05) is 13.7 Å². The highest BCUT2D eigenvalue weighted by atomic mass is 16.5. The second kappa shape index (κ2) is 2.59. The number of rotatable bonds is 1. The highest BCUT2D eigenvalue weighted by Crippen LogP contribution is 2.36. The number of benzene rings is 1. The van der Waals surface area contributed by atoms with Crippen molar-refractivity contribution in [2.45, 2.75) is 6.42 Å². The molecular weight excluding hydrogens is 156 g/mol. The van der Waals surface area contributed by atoms with E-state index in [1.807, 2.05) is 6.07 Å². The fourth-order valence-corrected chi connectivity index (χ4v) is 1.36. The van der Waals surface area contributed by atoms with Crippen LogP contribution < -0.4 is 9.47 Å². The van der Waals surface area contributed by atoms with Crippen molar-refractivity contribution < 1.29 is 14.6 Å². The second-order valence-corrected chi connectivity index (χ2v) is 2.73. The molecule has 0 aliphatic carbocycles. The molecule has 2 rings (SSSR count). The van der Waals surface area contributed by atoms with Crippen LogP contribution in [0.3, 0.4) is 0 Å². The van der Waals surface area contributed by atoms with Crippen LogP contribution in [-0.2, 0) is 6.42 Å². The normalized spacial score (nSPS) is 13.8. The summed E-state index contributed by atoms with van der Waals surface area (Å²) < 4.78 is 10.2. The molecule has 1 heterocycles. The van der Waals surface area contributed by atoms with Crippen molar-refractivity contribution >= 4 is 0 Å². The summed E-state index contributed by atoms with van der Waals surface area (Å²) in [7, 11) is 1.54. The van der Waals surface area contributed by atoms with E-state index in [0.29, 0.717) is 12.4 Å². The minimum absolute atomic E-state index is 0.137. The summed E-state index contributed by atoms with van der Waals surface area (Å²) in [6.45, 7) is 0.696. The van der Waals surface area contributed by atoms with Crippen LogP contribution in [0.5, 0.6) is 17.2 Å². The number of phenolic OH excluding ortho intramolecular Hbond substituents is 1. The Morgan fingerprint density at radius 2 is 2.33 bits per heavy atom. The smallest absolute Gasteiger partial charge is 0.161 e. The Hall–Kier alpha value is -1.38. The lowest BCUT2D eigenvalue weighted by Gasteiger charge is -2.05. The number of ether oxygens (including phenoxy) is 2. The molecule has 0 bridgehead atoms. The van der Waals surface area contributed by atoms with Gasteiger partial charge >= 0.3 is 0 Å². The third-order valence-electron chi connectivity index (χ3n) is 1.99. The van der Waals surface area contributed by atoms with Gasteiger partial charge in [-0.2, -0.15) is 0 Å². The molecule has 3 heteroatoms. The first-order valence-corrected chi connectivity index (χ1v) is 3.84. The highest BCUT2D eigenvalue weighted by molar-refractivity contribution is 5.51. The Labute approximate surface area is 70.5 Å². The summed E-state index contributed by atoms with van der Waals surface area (Å²) in [4.78, 5) is 0. The number of methoxy groups -OCH3 is 1. The first-order valence-electron chi connectivity index (χ1n) is 3.84. The van der Waals surface area contributed by atoms with Gasteiger partial charge in [0.25, 0.3) is 0 Å². The van der Waals surface area contributed by atoms with Gasteiger partial charge in [0.1, 0.15) is 5.75 Å². The van der Waals surface area contributed by atoms with Gasteiger partial charge in [0.2, 0.25) is 0 Å². The van der Waals surface area contributed by atoms with Gasteiger partial charge in [0, 0.05) is 18.1 Å². The molecule has 1 aliphatic rings. The van der Waals surface area contributed by atoms with Gasteiger partial charge in [-0.15, -0.1) is 0 Å². The van der Waals surface area contributed by atoms with Crippen LogP contribution >= 0.6 is 0 Å². The van der Waals surface area contributed by atoms with Crippen LogP contribution in [0.4, 0.5) is 0 Å². The van der Waals surface area contributed by atoms with Gasteiger partial charge in [0.05, 0.1) is 13.7 Å². The number of aromatic hydroxyl groups is 1. The van der Waals surface area contributed by atoms with E-state index in [9.17, 15) is 5.11 Å². The largest absolute Gasteiger partial charge is 0.504 e. The highest BCUT2D eigenvalue weighted by Gasteiger charge is 2.15. The summed E-state index contributed by atoms with van der Waals surface area (Å²) in [5, 5.41) is 9.37. The lowest BCUT2D eigenvalue weighted by molar-refractivity contribution is 0.349. The van der Waals surface area contributed by atoms with E-state index in [2.05, 4.69) is 0 Å². The first kappa shape index (κ1) is 7.28. The van der Waals surface area contributed by atoms with Gasteiger partial charge < -0.3 is 14.6 Å². The summed E-state index contributed by atoms with van der Waals surface area (Å²) >= 11 is 0. The van der Waals surface area contributed by atoms with E-state index in [1.165, 1.54) is 7.11 Å². The third kappa shape index (κ3) is 0.978. The molecule has 1 aromatic carbocycles. The van der Waals surface area contributed by atoms with E-state index in [4.69, 9.17) is 9.47 Å². The van der Waals surface area contributed by atoms with Gasteiger partial charge in [-0.3, -0.25) is 0 Å². The molecule has 0 radical (unpaired) electrons. The Balaban J connectivity index is 2.49. The lowest BCUT2D eigenvalue weighted by atomic mass is 10.1. The van der Waals surface area contributed by atoms with Gasteiger partial charge in [-0.05, 0) is 6.07 Å². The molecule has 0 aromatic heterocycles. The maximum Gasteiger partial charge on any atom is 0.161 e. The summed E-state index contributed by atoms with van der Waals surface area (Å²) in [5.41, 5.74) is 1.10. The quantitative estimate of drug-likeness (QED) is 0.684.